The summed E-state index contributed by atoms with van der Waals surface area (Å²) in [5.41, 5.74) is 70.9. The molecule has 0 unspecified atom stereocenters. The van der Waals surface area contributed by atoms with Crippen LogP contribution in [0, 0.1) is 152 Å². The Balaban J connectivity index is 0.000000152. The van der Waals surface area contributed by atoms with Crippen molar-refractivity contribution in [1.29, 1.82) is 0 Å². The van der Waals surface area contributed by atoms with Crippen LogP contribution in [0.25, 0.3) is 158 Å². The zero-order valence-corrected chi connectivity index (χ0v) is 91.5. The molecule has 0 nitrogen and oxygen atoms in total. The Hall–Kier alpha value is -14.6. The van der Waals surface area contributed by atoms with E-state index < -0.39 is 0 Å². The van der Waals surface area contributed by atoms with E-state index in [-0.39, 0.29) is 10.8 Å². The van der Waals surface area contributed by atoms with Gasteiger partial charge in [0.2, 0.25) is 0 Å². The van der Waals surface area contributed by atoms with Crippen LogP contribution in [0.1, 0.15) is 222 Å². The number of fused-ring (bicyclic) bond motifs is 6. The summed E-state index contributed by atoms with van der Waals surface area (Å²) in [6.07, 6.45) is 8.64. The van der Waals surface area contributed by atoms with Gasteiger partial charge in [-0.3, -0.25) is 0 Å². The van der Waals surface area contributed by atoms with Gasteiger partial charge in [0, 0.05) is 10.8 Å². The van der Waals surface area contributed by atoms with E-state index in [0.29, 0.717) is 0 Å². The molecule has 724 valence electrons. The minimum Gasteiger partial charge on any atom is -0.0683 e. The lowest BCUT2D eigenvalue weighted by atomic mass is 9.81. The smallest absolute Gasteiger partial charge is 0.0159 e. The lowest BCUT2D eigenvalue weighted by molar-refractivity contribution is 0.660. The van der Waals surface area contributed by atoms with Crippen LogP contribution in [0.15, 0.2) is 328 Å². The van der Waals surface area contributed by atoms with Crippen molar-refractivity contribution in [2.45, 2.75) is 219 Å². The second kappa shape index (κ2) is 44.1. The minimum atomic E-state index is 0.00909. The Kier molecular flexibility index (Phi) is 31.8. The average molecular weight is 1880 g/mol. The molecule has 18 aromatic rings. The summed E-state index contributed by atoms with van der Waals surface area (Å²) in [5, 5.41) is 0. The van der Waals surface area contributed by atoms with Crippen molar-refractivity contribution < 1.29 is 0 Å². The molecule has 0 saturated carbocycles. The van der Waals surface area contributed by atoms with E-state index in [1.54, 1.807) is 0 Å². The molecule has 0 radical (unpaired) electrons. The summed E-state index contributed by atoms with van der Waals surface area (Å²) in [5.74, 6) is 0. The van der Waals surface area contributed by atoms with Gasteiger partial charge < -0.3 is 0 Å². The molecule has 18 aromatic carbocycles. The number of aryl methyl sites for hydroxylation is 16. The first kappa shape index (κ1) is 104. The predicted octanol–water partition coefficient (Wildman–Crippen LogP) is 41.2. The minimum absolute atomic E-state index is 0.00909. The fourth-order valence-corrected chi connectivity index (χ4v) is 21.1. The number of rotatable bonds is 14. The SMILES string of the molecule is CC.CC.Cc1cc(-c2cc(-c3cc(C)c(C)c(C)c3)cc(-c3cc(C)c(C)c(C)c3)c2)cc(-c2cc(-c3cc(C)c(C)c(C)c3)cc(-c3cc(C)c(C)c(C)c3)c2)c1.Cc1cc(-c2cc(C)c(C)c(C)c2)cc(-c2cc(C)c(C)c(C)c2)c1.Cc1cc(-c2ccc3c(c2)C(C)(C)c2ccccc2-3)cc(-c2ccc3c(c2)C(C)(C)c2ccccc2-3)c1.Cc1cc(/C=C/c2ccccc2)cc(/C=C/c2ccccc2)c1. The lowest BCUT2D eigenvalue weighted by Gasteiger charge is -2.22. The van der Waals surface area contributed by atoms with Gasteiger partial charge in [-0.15, -0.1) is 0 Å². The molecule has 0 saturated heterocycles. The van der Waals surface area contributed by atoms with Crippen LogP contribution in [-0.2, 0) is 10.8 Å². The molecule has 0 N–H and O–H groups in total. The van der Waals surface area contributed by atoms with Gasteiger partial charge >= 0.3 is 0 Å². The summed E-state index contributed by atoms with van der Waals surface area (Å²) in [6.45, 7) is 66.2. The second-order valence-electron chi connectivity index (χ2n) is 41.8. The van der Waals surface area contributed by atoms with Crippen LogP contribution >= 0.6 is 0 Å². The molecule has 0 fully saturated rings. The van der Waals surface area contributed by atoms with Crippen molar-refractivity contribution in [2.24, 2.45) is 0 Å². The number of hydrogen-bond donors (Lipinski definition) is 0. The van der Waals surface area contributed by atoms with Crippen molar-refractivity contribution in [2.75, 3.05) is 0 Å². The molecule has 0 bridgehead atoms. The van der Waals surface area contributed by atoms with Gasteiger partial charge in [-0.1, -0.05) is 334 Å². The maximum Gasteiger partial charge on any atom is 0.0159 e. The highest BCUT2D eigenvalue weighted by Crippen LogP contribution is 2.53. The summed E-state index contributed by atoms with van der Waals surface area (Å²) >= 11 is 0. The molecule has 0 amide bonds. The Morgan fingerprint density at radius 1 is 0.139 bits per heavy atom. The third-order valence-electron chi connectivity index (χ3n) is 30.8. The zero-order chi connectivity index (χ0) is 103. The van der Waals surface area contributed by atoms with E-state index in [2.05, 4.69) is 520 Å². The van der Waals surface area contributed by atoms with E-state index in [1.165, 1.54) is 300 Å². The standard InChI is InChI=1S/C55H56.C37H32.C25H28.C23H20.2C2H6/c1-31-14-44(50-25-52(46-16-32(2)40(10)33(3)17-46)29-53(26-50)47-18-34(4)41(11)35(5)19-47)24-45(15-31)51-27-54(48-20-36(6)42(12)37(7)21-48)30-55(28-51)49-22-38(8)43(13)39(9)23-49;1-23-18-26(24-14-16-30-28-10-6-8-12-32(28)36(2,3)34(30)21-24)20-27(19-23)25-15-17-31-29-11-7-9-13-33(29)37(4,5)35(31)22-25;1-15-8-22(24-10-16(2)20(6)17(3)11-24)14-23(9-15)25-12-18(4)21(7)19(5)13-25;1-19-16-22(14-12-20-8-4-2-5-9-20)18-23(17-19)15-13-21-10-6-3-7-11-21;2*1-2/h14-30H,1-13H3;6-22H,1-5H3;8-14H,1-7H3;2-18H,1H3;2*1-2H3/b;;;14-12+,15-13+;;. The van der Waals surface area contributed by atoms with E-state index >= 15 is 0 Å². The van der Waals surface area contributed by atoms with E-state index in [4.69, 9.17) is 0 Å². The molecule has 0 heterocycles. The Morgan fingerprint density at radius 3 is 0.542 bits per heavy atom. The van der Waals surface area contributed by atoms with Crippen LogP contribution in [0.3, 0.4) is 0 Å². The van der Waals surface area contributed by atoms with Crippen LogP contribution in [0.2, 0.25) is 0 Å². The van der Waals surface area contributed by atoms with Crippen LogP contribution in [-0.4, -0.2) is 0 Å². The molecule has 144 heavy (non-hydrogen) atoms. The van der Waals surface area contributed by atoms with Crippen LogP contribution in [0.5, 0.6) is 0 Å². The Labute approximate surface area is 864 Å². The highest BCUT2D eigenvalue weighted by Gasteiger charge is 2.37. The van der Waals surface area contributed by atoms with Crippen molar-refractivity contribution in [3.63, 3.8) is 0 Å². The molecule has 0 aliphatic heterocycles. The van der Waals surface area contributed by atoms with Gasteiger partial charge in [-0.05, 0) is 526 Å². The van der Waals surface area contributed by atoms with Gasteiger partial charge in [-0.25, -0.2) is 0 Å². The second-order valence-corrected chi connectivity index (χ2v) is 41.8. The highest BCUT2D eigenvalue weighted by atomic mass is 14.4. The molecular formula is C144H148. The van der Waals surface area contributed by atoms with Crippen LogP contribution < -0.4 is 0 Å². The van der Waals surface area contributed by atoms with Crippen molar-refractivity contribution >= 4 is 24.3 Å². The van der Waals surface area contributed by atoms with Gasteiger partial charge in [0.05, 0.1) is 0 Å². The molecule has 0 spiro atoms. The number of hydrogen-bond acceptors (Lipinski definition) is 0. The van der Waals surface area contributed by atoms with E-state index in [9.17, 15) is 0 Å². The summed E-state index contributed by atoms with van der Waals surface area (Å²) in [4.78, 5) is 0. The summed E-state index contributed by atoms with van der Waals surface area (Å²) in [7, 11) is 0. The molecule has 0 heteroatoms. The van der Waals surface area contributed by atoms with Gasteiger partial charge in [-0.2, -0.15) is 0 Å². The fourth-order valence-electron chi connectivity index (χ4n) is 21.1. The van der Waals surface area contributed by atoms with Gasteiger partial charge in [0.25, 0.3) is 0 Å². The predicted molar refractivity (Wildman–Crippen MR) is 633 cm³/mol. The Bertz CT molecular complexity index is 7190. The van der Waals surface area contributed by atoms with Gasteiger partial charge in [0.15, 0.2) is 0 Å². The highest BCUT2D eigenvalue weighted by molar-refractivity contribution is 5.91. The zero-order valence-electron chi connectivity index (χ0n) is 91.5. The maximum absolute atomic E-state index is 2.43. The summed E-state index contributed by atoms with van der Waals surface area (Å²) < 4.78 is 0. The van der Waals surface area contributed by atoms with E-state index in [0.717, 1.165) is 0 Å². The molecule has 20 rings (SSSR count). The van der Waals surface area contributed by atoms with Crippen LogP contribution in [0.4, 0.5) is 0 Å². The van der Waals surface area contributed by atoms with Gasteiger partial charge in [0.1, 0.15) is 0 Å². The maximum atomic E-state index is 2.43. The summed E-state index contributed by atoms with van der Waals surface area (Å²) in [6, 6.07) is 123. The fraction of sp³-hybridized carbons (Fsp3) is 0.222. The molecule has 2 aliphatic rings. The Morgan fingerprint density at radius 2 is 0.312 bits per heavy atom. The molecule has 2 aliphatic carbocycles. The van der Waals surface area contributed by atoms with Crippen molar-refractivity contribution in [3.8, 4) is 134 Å². The third kappa shape index (κ3) is 22.7. The largest absolute Gasteiger partial charge is 0.0683 e. The lowest BCUT2D eigenvalue weighted by Crippen LogP contribution is -2.15. The molecular weight excluding hydrogens is 1730 g/mol. The first-order valence-corrected chi connectivity index (χ1v) is 52.1. The molecule has 0 aromatic heterocycles. The van der Waals surface area contributed by atoms with Crippen molar-refractivity contribution in [3.05, 3.63) is 494 Å². The first-order valence-electron chi connectivity index (χ1n) is 52.1. The third-order valence-corrected chi connectivity index (χ3v) is 30.8. The average Bonchev–Trinajstić information content (AvgIpc) is 1.59. The quantitative estimate of drug-likeness (QED) is 0.0952. The topological polar surface area (TPSA) is 0 Å². The van der Waals surface area contributed by atoms with Crippen molar-refractivity contribution in [1.82, 2.24) is 0 Å². The molecule has 0 atom stereocenters. The monoisotopic (exact) mass is 1880 g/mol. The van der Waals surface area contributed by atoms with E-state index in [1.807, 2.05) is 39.8 Å². The normalized spacial score (nSPS) is 12.2. The number of benzene rings is 18. The first-order chi connectivity index (χ1) is 68.8.